The van der Waals surface area contributed by atoms with Crippen molar-refractivity contribution in [3.05, 3.63) is 23.8 Å². The molecule has 9 nitrogen and oxygen atoms in total. The molecule has 0 aromatic rings. The van der Waals surface area contributed by atoms with E-state index in [1.165, 1.54) is 0 Å². The van der Waals surface area contributed by atoms with Crippen LogP contribution in [0, 0.1) is 11.8 Å². The van der Waals surface area contributed by atoms with Gasteiger partial charge in [0.05, 0.1) is 30.3 Å². The maximum absolute atomic E-state index is 12.7. The molecule has 0 aromatic carbocycles. The lowest BCUT2D eigenvalue weighted by Crippen LogP contribution is -2.44. The van der Waals surface area contributed by atoms with Gasteiger partial charge in [0.2, 0.25) is 0 Å². The van der Waals surface area contributed by atoms with Gasteiger partial charge in [-0.05, 0) is 76.7 Å². The zero-order chi connectivity index (χ0) is 29.8. The average Bonchev–Trinajstić information content (AvgIpc) is 2.86. The minimum Gasteiger partial charge on any atom is -0.462 e. The van der Waals surface area contributed by atoms with E-state index in [0.717, 1.165) is 5.57 Å². The summed E-state index contributed by atoms with van der Waals surface area (Å²) in [4.78, 5) is 23.9. The van der Waals surface area contributed by atoms with Crippen molar-refractivity contribution >= 4 is 12.4 Å². The first kappa shape index (κ1) is 35.2. The molecule has 9 unspecified atom stereocenters. The fraction of sp³-hybridized carbons (Fsp3) is 0.800. The number of aliphatic hydroxyl groups is 4. The number of ether oxygens (including phenoxy) is 3. The van der Waals surface area contributed by atoms with Gasteiger partial charge >= 0.3 is 5.97 Å². The first-order chi connectivity index (χ1) is 18.2. The second kappa shape index (κ2) is 16.5. The van der Waals surface area contributed by atoms with Crippen molar-refractivity contribution in [3.63, 3.8) is 0 Å². The molecular weight excluding hydrogens is 504 g/mol. The number of methoxy groups -OCH3 is 1. The molecule has 1 saturated heterocycles. The molecule has 0 spiro atoms. The molecule has 1 rings (SSSR count). The van der Waals surface area contributed by atoms with Crippen LogP contribution in [-0.2, 0) is 23.8 Å². The molecule has 4 N–H and O–H groups in total. The van der Waals surface area contributed by atoms with Crippen molar-refractivity contribution in [2.75, 3.05) is 7.11 Å². The van der Waals surface area contributed by atoms with Crippen molar-refractivity contribution in [3.8, 4) is 0 Å². The second-order valence-electron chi connectivity index (χ2n) is 11.8. The fourth-order valence-corrected chi connectivity index (χ4v) is 5.26. The fourth-order valence-electron chi connectivity index (χ4n) is 5.26. The highest BCUT2D eigenvalue weighted by Gasteiger charge is 2.38. The van der Waals surface area contributed by atoms with Crippen LogP contribution in [0.2, 0.25) is 0 Å². The Morgan fingerprint density at radius 3 is 2.54 bits per heavy atom. The Labute approximate surface area is 234 Å². The number of hydrogen-bond acceptors (Lipinski definition) is 9. The molecule has 1 aliphatic heterocycles. The molecule has 9 atom stereocenters. The molecule has 0 bridgehead atoms. The molecule has 1 fully saturated rings. The van der Waals surface area contributed by atoms with E-state index in [1.807, 2.05) is 34.6 Å². The molecule has 1 heterocycles. The second-order valence-corrected chi connectivity index (χ2v) is 11.8. The number of carbonyl (C=O) groups is 2. The summed E-state index contributed by atoms with van der Waals surface area (Å²) in [5, 5.41) is 41.6. The number of cyclic esters (lactones) is 1. The highest BCUT2D eigenvalue weighted by molar-refractivity contribution is 5.70. The van der Waals surface area contributed by atoms with Gasteiger partial charge in [-0.3, -0.25) is 9.59 Å². The van der Waals surface area contributed by atoms with Gasteiger partial charge in [-0.2, -0.15) is 0 Å². The Morgan fingerprint density at radius 1 is 1.28 bits per heavy atom. The Morgan fingerprint density at radius 2 is 1.95 bits per heavy atom. The van der Waals surface area contributed by atoms with Gasteiger partial charge in [-0.1, -0.05) is 39.0 Å². The zero-order valence-corrected chi connectivity index (χ0v) is 24.8. The molecule has 0 amide bonds. The summed E-state index contributed by atoms with van der Waals surface area (Å²) >= 11 is 0. The number of hydrogen-bond donors (Lipinski definition) is 4. The molecular formula is C30H52O9. The largest absolute Gasteiger partial charge is 0.462 e. The van der Waals surface area contributed by atoms with Gasteiger partial charge in [-0.15, -0.1) is 0 Å². The Hall–Kier alpha value is -1.78. The molecule has 1 aliphatic rings. The molecule has 9 heteroatoms. The van der Waals surface area contributed by atoms with Crippen LogP contribution in [0.25, 0.3) is 0 Å². The maximum Gasteiger partial charge on any atom is 0.309 e. The molecule has 0 aliphatic carbocycles. The van der Waals surface area contributed by atoms with Gasteiger partial charge in [0.1, 0.15) is 17.8 Å². The third-order valence-electron chi connectivity index (χ3n) is 8.03. The third kappa shape index (κ3) is 12.1. The molecule has 0 aromatic heterocycles. The Kier molecular flexibility index (Phi) is 14.9. The quantitative estimate of drug-likeness (QED) is 0.161. The van der Waals surface area contributed by atoms with Gasteiger partial charge in [0.25, 0.3) is 6.47 Å². The first-order valence-corrected chi connectivity index (χ1v) is 14.1. The van der Waals surface area contributed by atoms with Gasteiger partial charge in [-0.25, -0.2) is 0 Å². The molecule has 0 radical (unpaired) electrons. The minimum atomic E-state index is -1.28. The SMILES string of the molecule is CCC(O)C(C)CC(O)CC(C)(O)/C=C/C=C(\C)C1OC(=O)CC(O)CCC(C)(OC)C(OC=O)CCC1C. The van der Waals surface area contributed by atoms with Crippen LogP contribution in [0.3, 0.4) is 0 Å². The van der Waals surface area contributed by atoms with Crippen LogP contribution in [0.15, 0.2) is 23.8 Å². The average molecular weight is 557 g/mol. The van der Waals surface area contributed by atoms with E-state index in [-0.39, 0.29) is 31.1 Å². The van der Waals surface area contributed by atoms with E-state index in [0.29, 0.717) is 38.6 Å². The normalized spacial score (nSPS) is 31.8. The molecule has 39 heavy (non-hydrogen) atoms. The van der Waals surface area contributed by atoms with E-state index >= 15 is 0 Å². The van der Waals surface area contributed by atoms with Crippen LogP contribution in [0.4, 0.5) is 0 Å². The lowest BCUT2D eigenvalue weighted by molar-refractivity contribution is -0.160. The third-order valence-corrected chi connectivity index (χ3v) is 8.03. The van der Waals surface area contributed by atoms with Crippen molar-refractivity contribution in [2.24, 2.45) is 11.8 Å². The summed E-state index contributed by atoms with van der Waals surface area (Å²) in [6.07, 6.45) is 4.40. The predicted molar refractivity (Wildman–Crippen MR) is 149 cm³/mol. The van der Waals surface area contributed by atoms with Crippen LogP contribution in [-0.4, -0.2) is 81.7 Å². The van der Waals surface area contributed by atoms with E-state index in [1.54, 1.807) is 32.3 Å². The molecule has 0 saturated carbocycles. The summed E-state index contributed by atoms with van der Waals surface area (Å²) in [5.74, 6) is -0.723. The van der Waals surface area contributed by atoms with Crippen molar-refractivity contribution < 1.29 is 44.2 Å². The number of esters is 1. The van der Waals surface area contributed by atoms with Crippen molar-refractivity contribution in [1.29, 1.82) is 0 Å². The standard InChI is InChI=1S/C30H52O9/c1-8-25(34)22(4)16-24(33)18-29(5,36)14-9-10-20(2)28-21(3)11-12-26(38-19-31)30(6,37-7)15-13-23(32)17-27(35)39-28/h9-10,14,19,21-26,28,32-34,36H,8,11-13,15-18H2,1-7H3/b14-9+,20-10+. The topological polar surface area (TPSA) is 143 Å². The summed E-state index contributed by atoms with van der Waals surface area (Å²) in [6, 6.07) is 0. The lowest BCUT2D eigenvalue weighted by Gasteiger charge is -2.37. The maximum atomic E-state index is 12.7. The smallest absolute Gasteiger partial charge is 0.309 e. The van der Waals surface area contributed by atoms with E-state index in [9.17, 15) is 30.0 Å². The highest BCUT2D eigenvalue weighted by Crippen LogP contribution is 2.32. The van der Waals surface area contributed by atoms with Crippen LogP contribution < -0.4 is 0 Å². The summed E-state index contributed by atoms with van der Waals surface area (Å²) in [7, 11) is 1.54. The number of carbonyl (C=O) groups excluding carboxylic acids is 2. The Bertz CT molecular complexity index is 808. The van der Waals surface area contributed by atoms with Crippen molar-refractivity contribution in [2.45, 2.75) is 135 Å². The van der Waals surface area contributed by atoms with Gasteiger partial charge in [0.15, 0.2) is 0 Å². The summed E-state index contributed by atoms with van der Waals surface area (Å²) in [6.45, 7) is 11.4. The highest BCUT2D eigenvalue weighted by atomic mass is 16.6. The predicted octanol–water partition coefficient (Wildman–Crippen LogP) is 3.61. The zero-order valence-electron chi connectivity index (χ0n) is 24.8. The summed E-state index contributed by atoms with van der Waals surface area (Å²) < 4.78 is 16.9. The monoisotopic (exact) mass is 556 g/mol. The van der Waals surface area contributed by atoms with E-state index in [2.05, 4.69) is 0 Å². The van der Waals surface area contributed by atoms with Crippen LogP contribution in [0.5, 0.6) is 0 Å². The number of aliphatic hydroxyl groups excluding tert-OH is 3. The minimum absolute atomic E-state index is 0.0824. The summed E-state index contributed by atoms with van der Waals surface area (Å²) in [5.41, 5.74) is -1.34. The van der Waals surface area contributed by atoms with Gasteiger partial charge in [0, 0.05) is 13.5 Å². The first-order valence-electron chi connectivity index (χ1n) is 14.1. The number of allylic oxidation sites excluding steroid dienone is 2. The Balaban J connectivity index is 3.04. The van der Waals surface area contributed by atoms with Crippen LogP contribution >= 0.6 is 0 Å². The van der Waals surface area contributed by atoms with E-state index in [4.69, 9.17) is 14.2 Å². The van der Waals surface area contributed by atoms with Gasteiger partial charge < -0.3 is 34.6 Å². The van der Waals surface area contributed by atoms with Crippen LogP contribution in [0.1, 0.15) is 92.9 Å². The van der Waals surface area contributed by atoms with Crippen molar-refractivity contribution in [1.82, 2.24) is 0 Å². The lowest BCUT2D eigenvalue weighted by atomic mass is 9.84. The number of rotatable bonds is 12. The molecule has 226 valence electrons. The van der Waals surface area contributed by atoms with E-state index < -0.39 is 47.7 Å².